The lowest BCUT2D eigenvalue weighted by atomic mass is 9.97. The maximum absolute atomic E-state index is 12.3. The van der Waals surface area contributed by atoms with E-state index in [0.717, 1.165) is 18.4 Å². The average Bonchev–Trinajstić information content (AvgIpc) is 3.23. The summed E-state index contributed by atoms with van der Waals surface area (Å²) in [6.07, 6.45) is 2.14. The number of amides is 2. The molecule has 2 rings (SSSR count). The van der Waals surface area contributed by atoms with Crippen molar-refractivity contribution < 1.29 is 18.7 Å². The Labute approximate surface area is 117 Å². The van der Waals surface area contributed by atoms with Crippen molar-refractivity contribution >= 4 is 19.5 Å². The highest BCUT2D eigenvalue weighted by molar-refractivity contribution is 6.30. The first-order chi connectivity index (χ1) is 9.63. The van der Waals surface area contributed by atoms with Crippen LogP contribution in [-0.2, 0) is 16.2 Å². The molecular weight excluding hydrogens is 262 g/mol. The van der Waals surface area contributed by atoms with Crippen molar-refractivity contribution in [1.82, 2.24) is 10.7 Å². The summed E-state index contributed by atoms with van der Waals surface area (Å²) < 4.78 is 12.3. The molecule has 1 aromatic rings. The third-order valence-electron chi connectivity index (χ3n) is 3.13. The molecule has 5 nitrogen and oxygen atoms in total. The van der Waals surface area contributed by atoms with Crippen molar-refractivity contribution in [3.8, 4) is 0 Å². The minimum absolute atomic E-state index is 0.0846. The SMILES string of the molecule is CC(=O)NOCc1c(C(=O)NBF)cccc1C1CC1. The Balaban J connectivity index is 2.22. The topological polar surface area (TPSA) is 67.4 Å². The van der Waals surface area contributed by atoms with Crippen LogP contribution in [0.4, 0.5) is 4.32 Å². The van der Waals surface area contributed by atoms with Gasteiger partial charge in [-0.05, 0) is 36.0 Å². The second-order valence-electron chi connectivity index (χ2n) is 4.73. The molecule has 0 heterocycles. The van der Waals surface area contributed by atoms with E-state index < -0.39 is 13.6 Å². The van der Waals surface area contributed by atoms with Gasteiger partial charge in [-0.25, -0.2) is 5.48 Å². The predicted octanol–water partition coefficient (Wildman–Crippen LogP) is 1.10. The van der Waals surface area contributed by atoms with Crippen LogP contribution >= 0.6 is 0 Å². The number of rotatable bonds is 6. The van der Waals surface area contributed by atoms with E-state index in [1.165, 1.54) is 6.92 Å². The van der Waals surface area contributed by atoms with Crippen LogP contribution in [0.2, 0.25) is 0 Å². The highest BCUT2D eigenvalue weighted by Gasteiger charge is 2.28. The second-order valence-corrected chi connectivity index (χ2v) is 4.73. The predicted molar refractivity (Wildman–Crippen MR) is 72.7 cm³/mol. The Morgan fingerprint density at radius 1 is 1.45 bits per heavy atom. The van der Waals surface area contributed by atoms with Gasteiger partial charge in [-0.15, -0.1) is 0 Å². The zero-order chi connectivity index (χ0) is 14.5. The van der Waals surface area contributed by atoms with E-state index >= 15 is 0 Å². The summed E-state index contributed by atoms with van der Waals surface area (Å²) in [5, 5.41) is 2.14. The first kappa shape index (κ1) is 14.5. The highest BCUT2D eigenvalue weighted by atomic mass is 19.1. The lowest BCUT2D eigenvalue weighted by Crippen LogP contribution is -2.27. The molecule has 2 amide bonds. The third kappa shape index (κ3) is 3.57. The fourth-order valence-corrected chi connectivity index (χ4v) is 2.12. The first-order valence-corrected chi connectivity index (χ1v) is 6.47. The monoisotopic (exact) mass is 278 g/mol. The molecule has 1 aliphatic rings. The molecule has 0 aromatic heterocycles. The molecule has 0 bridgehead atoms. The van der Waals surface area contributed by atoms with Crippen LogP contribution in [0, 0.1) is 0 Å². The molecule has 0 atom stereocenters. The van der Waals surface area contributed by atoms with E-state index in [0.29, 0.717) is 17.0 Å². The lowest BCUT2D eigenvalue weighted by Gasteiger charge is -2.14. The molecule has 0 spiro atoms. The van der Waals surface area contributed by atoms with Gasteiger partial charge in [0.2, 0.25) is 11.8 Å². The molecule has 0 saturated heterocycles. The maximum Gasteiger partial charge on any atom is 0.444 e. The molecule has 1 saturated carbocycles. The fraction of sp³-hybridized carbons (Fsp3) is 0.385. The Morgan fingerprint density at radius 3 is 2.80 bits per heavy atom. The number of hydrogen-bond acceptors (Lipinski definition) is 3. The fourth-order valence-electron chi connectivity index (χ4n) is 2.12. The van der Waals surface area contributed by atoms with Crippen molar-refractivity contribution in [3.63, 3.8) is 0 Å². The van der Waals surface area contributed by atoms with Gasteiger partial charge < -0.3 is 9.54 Å². The van der Waals surface area contributed by atoms with Crippen molar-refractivity contribution in [3.05, 3.63) is 34.9 Å². The maximum atomic E-state index is 12.3. The van der Waals surface area contributed by atoms with E-state index in [2.05, 4.69) is 10.7 Å². The number of hydrogen-bond donors (Lipinski definition) is 2. The molecule has 106 valence electrons. The first-order valence-electron chi connectivity index (χ1n) is 6.47. The van der Waals surface area contributed by atoms with Crippen LogP contribution < -0.4 is 10.7 Å². The lowest BCUT2D eigenvalue weighted by molar-refractivity contribution is -0.132. The van der Waals surface area contributed by atoms with Gasteiger partial charge in [0.15, 0.2) is 0 Å². The van der Waals surface area contributed by atoms with Gasteiger partial charge in [0.05, 0.1) is 0 Å². The Morgan fingerprint density at radius 2 is 2.20 bits per heavy atom. The summed E-state index contributed by atoms with van der Waals surface area (Å²) in [6, 6.07) is 5.35. The van der Waals surface area contributed by atoms with Crippen LogP contribution in [0.3, 0.4) is 0 Å². The molecule has 7 heteroatoms. The summed E-state index contributed by atoms with van der Waals surface area (Å²) in [4.78, 5) is 27.8. The van der Waals surface area contributed by atoms with E-state index in [4.69, 9.17) is 4.84 Å². The molecule has 1 aliphatic carbocycles. The van der Waals surface area contributed by atoms with Crippen molar-refractivity contribution in [2.45, 2.75) is 32.3 Å². The number of benzene rings is 1. The van der Waals surface area contributed by atoms with E-state index in [9.17, 15) is 13.9 Å². The molecule has 2 N–H and O–H groups in total. The second kappa shape index (κ2) is 6.52. The molecule has 1 fully saturated rings. The van der Waals surface area contributed by atoms with Gasteiger partial charge in [-0.2, -0.15) is 0 Å². The van der Waals surface area contributed by atoms with Gasteiger partial charge in [-0.1, -0.05) is 12.1 Å². The quantitative estimate of drug-likeness (QED) is 0.604. The minimum Gasteiger partial charge on any atom is -0.369 e. The number of carbonyl (C=O) groups is 2. The minimum atomic E-state index is -0.918. The molecular formula is C13H16BFN2O3. The number of carbonyl (C=O) groups excluding carboxylic acids is 2. The van der Waals surface area contributed by atoms with Gasteiger partial charge >= 0.3 is 7.69 Å². The largest absolute Gasteiger partial charge is 0.444 e. The average molecular weight is 278 g/mol. The van der Waals surface area contributed by atoms with Crippen LogP contribution in [0.15, 0.2) is 18.2 Å². The normalized spacial score (nSPS) is 13.7. The van der Waals surface area contributed by atoms with Gasteiger partial charge in [0, 0.05) is 12.5 Å². The summed E-state index contributed by atoms with van der Waals surface area (Å²) in [7, 11) is -0.918. The van der Waals surface area contributed by atoms with Crippen LogP contribution in [-0.4, -0.2) is 19.5 Å². The standard InChI is InChI=1S/C13H16BFN2O3/c1-8(18)17-20-7-12-10(9-5-6-9)3-2-4-11(12)13(19)16-14-15/h2-4,9,14H,5-7H2,1H3,(H,16,19)(H,17,18). The Bertz CT molecular complexity index is 520. The Kier molecular flexibility index (Phi) is 4.73. The van der Waals surface area contributed by atoms with Crippen LogP contribution in [0.25, 0.3) is 0 Å². The van der Waals surface area contributed by atoms with Crippen LogP contribution in [0.1, 0.15) is 47.2 Å². The smallest absolute Gasteiger partial charge is 0.369 e. The number of nitrogens with one attached hydrogen (secondary N) is 2. The van der Waals surface area contributed by atoms with Gasteiger partial charge in [0.1, 0.15) is 6.61 Å². The molecule has 0 radical (unpaired) electrons. The number of hydroxylamine groups is 1. The molecule has 20 heavy (non-hydrogen) atoms. The summed E-state index contributed by atoms with van der Waals surface area (Å²) in [5.74, 6) is -0.371. The van der Waals surface area contributed by atoms with Gasteiger partial charge in [-0.3, -0.25) is 14.4 Å². The van der Waals surface area contributed by atoms with E-state index in [1.54, 1.807) is 12.1 Å². The summed E-state index contributed by atoms with van der Waals surface area (Å²) in [6.45, 7) is 1.42. The summed E-state index contributed by atoms with van der Waals surface area (Å²) >= 11 is 0. The zero-order valence-electron chi connectivity index (χ0n) is 11.2. The third-order valence-corrected chi connectivity index (χ3v) is 3.13. The number of halogens is 1. The Hall–Kier alpha value is -1.89. The van der Waals surface area contributed by atoms with Crippen molar-refractivity contribution in [2.75, 3.05) is 0 Å². The van der Waals surface area contributed by atoms with E-state index in [1.807, 2.05) is 6.07 Å². The van der Waals surface area contributed by atoms with Crippen LogP contribution in [0.5, 0.6) is 0 Å². The molecule has 0 unspecified atom stereocenters. The van der Waals surface area contributed by atoms with E-state index in [-0.39, 0.29) is 12.5 Å². The molecule has 0 aliphatic heterocycles. The van der Waals surface area contributed by atoms with Crippen molar-refractivity contribution in [1.29, 1.82) is 0 Å². The summed E-state index contributed by atoms with van der Waals surface area (Å²) in [5.41, 5.74) is 4.35. The van der Waals surface area contributed by atoms with Crippen molar-refractivity contribution in [2.24, 2.45) is 0 Å². The highest BCUT2D eigenvalue weighted by Crippen LogP contribution is 2.42. The van der Waals surface area contributed by atoms with Gasteiger partial charge in [0.25, 0.3) is 0 Å². The molecule has 1 aromatic carbocycles. The zero-order valence-corrected chi connectivity index (χ0v) is 11.2.